The number of amides is 1. The predicted molar refractivity (Wildman–Crippen MR) is 70.4 cm³/mol. The monoisotopic (exact) mass is 266 g/mol. The number of fused-ring (bicyclic) bond motifs is 1. The summed E-state index contributed by atoms with van der Waals surface area (Å²) in [7, 11) is 2.08. The van der Waals surface area contributed by atoms with Crippen molar-refractivity contribution in [3.05, 3.63) is 22.4 Å². The lowest BCUT2D eigenvalue weighted by molar-refractivity contribution is -0.131. The summed E-state index contributed by atoms with van der Waals surface area (Å²) in [6, 6.07) is 4.06. The zero-order chi connectivity index (χ0) is 12.6. The van der Waals surface area contributed by atoms with Gasteiger partial charge in [-0.1, -0.05) is 6.07 Å². The molecule has 1 aromatic heterocycles. The van der Waals surface area contributed by atoms with Crippen LogP contribution in [0.25, 0.3) is 0 Å². The van der Waals surface area contributed by atoms with E-state index in [1.54, 1.807) is 11.3 Å². The molecule has 0 bridgehead atoms. The first-order chi connectivity index (χ1) is 8.71. The Labute approximate surface area is 111 Å². The van der Waals surface area contributed by atoms with Gasteiger partial charge < -0.3 is 15.0 Å². The summed E-state index contributed by atoms with van der Waals surface area (Å²) in [6.07, 6.45) is 0. The second kappa shape index (κ2) is 4.64. The summed E-state index contributed by atoms with van der Waals surface area (Å²) >= 11 is 1.67. The van der Waals surface area contributed by atoms with E-state index in [9.17, 15) is 4.79 Å². The lowest BCUT2D eigenvalue weighted by Crippen LogP contribution is -2.46. The predicted octanol–water partition coefficient (Wildman–Crippen LogP) is 0.942. The largest absolute Gasteiger partial charge is 0.380 e. The average molecular weight is 266 g/mol. The molecular weight excluding hydrogens is 248 g/mol. The summed E-state index contributed by atoms with van der Waals surface area (Å²) in [4.78, 5) is 15.9. The molecule has 0 aliphatic carbocycles. The van der Waals surface area contributed by atoms with E-state index in [0.29, 0.717) is 19.1 Å². The molecule has 98 valence electrons. The number of ether oxygens (including phenoxy) is 1. The minimum absolute atomic E-state index is 0.155. The van der Waals surface area contributed by atoms with Crippen molar-refractivity contribution >= 4 is 17.2 Å². The first-order valence-electron chi connectivity index (χ1n) is 6.28. The first kappa shape index (κ1) is 12.1. The van der Waals surface area contributed by atoms with Crippen molar-refractivity contribution in [2.24, 2.45) is 11.3 Å². The number of nitrogens with zero attached hydrogens (tertiary/aromatic N) is 1. The molecule has 5 heteroatoms. The maximum absolute atomic E-state index is 12.5. The quantitative estimate of drug-likeness (QED) is 0.885. The maximum Gasteiger partial charge on any atom is 0.230 e. The van der Waals surface area contributed by atoms with E-state index in [-0.39, 0.29) is 11.3 Å². The number of rotatable bonds is 3. The normalized spacial score (nSPS) is 31.5. The molecule has 2 aliphatic rings. The van der Waals surface area contributed by atoms with E-state index in [4.69, 9.17) is 4.74 Å². The number of hydrogen-bond donors (Lipinski definition) is 1. The summed E-state index contributed by atoms with van der Waals surface area (Å²) in [6.45, 7) is 3.70. The van der Waals surface area contributed by atoms with Crippen LogP contribution in [0.4, 0.5) is 0 Å². The van der Waals surface area contributed by atoms with Gasteiger partial charge in [0.1, 0.15) is 0 Å². The van der Waals surface area contributed by atoms with Gasteiger partial charge in [0.15, 0.2) is 0 Å². The fourth-order valence-corrected chi connectivity index (χ4v) is 3.71. The number of nitrogens with one attached hydrogen (secondary N) is 1. The second-order valence-corrected chi connectivity index (χ2v) is 6.36. The van der Waals surface area contributed by atoms with Gasteiger partial charge in [-0.25, -0.2) is 0 Å². The summed E-state index contributed by atoms with van der Waals surface area (Å²) in [5.41, 5.74) is -0.313. The van der Waals surface area contributed by atoms with Gasteiger partial charge in [-0.05, 0) is 18.5 Å². The van der Waals surface area contributed by atoms with Gasteiger partial charge in [0, 0.05) is 23.9 Å². The van der Waals surface area contributed by atoms with Crippen molar-refractivity contribution in [3.8, 4) is 0 Å². The molecule has 1 aromatic rings. The molecule has 2 fully saturated rings. The van der Waals surface area contributed by atoms with Crippen molar-refractivity contribution in [2.45, 2.75) is 6.54 Å². The Morgan fingerprint density at radius 1 is 1.72 bits per heavy atom. The van der Waals surface area contributed by atoms with Gasteiger partial charge in [0.2, 0.25) is 5.91 Å². The van der Waals surface area contributed by atoms with Gasteiger partial charge in [0.25, 0.3) is 0 Å². The molecule has 1 N–H and O–H groups in total. The summed E-state index contributed by atoms with van der Waals surface area (Å²) in [5.74, 6) is 0.508. The van der Waals surface area contributed by atoms with Crippen LogP contribution in [0.2, 0.25) is 0 Å². The maximum atomic E-state index is 12.5. The third-order valence-electron chi connectivity index (χ3n) is 4.00. The third-order valence-corrected chi connectivity index (χ3v) is 4.88. The van der Waals surface area contributed by atoms with Gasteiger partial charge in [-0.15, -0.1) is 11.3 Å². The number of hydrogen-bond acceptors (Lipinski definition) is 4. The van der Waals surface area contributed by atoms with Crippen molar-refractivity contribution < 1.29 is 9.53 Å². The number of carbonyl (C=O) groups excluding carboxylic acids is 1. The Balaban J connectivity index is 1.67. The van der Waals surface area contributed by atoms with Gasteiger partial charge >= 0.3 is 0 Å². The summed E-state index contributed by atoms with van der Waals surface area (Å²) < 4.78 is 5.54. The van der Waals surface area contributed by atoms with Crippen LogP contribution in [0.3, 0.4) is 0 Å². The smallest absolute Gasteiger partial charge is 0.230 e. The SMILES string of the molecule is CN1C[C@H]2COC[C@@]2(C(=O)NCc2cccs2)C1. The fourth-order valence-electron chi connectivity index (χ4n) is 3.06. The van der Waals surface area contributed by atoms with E-state index in [2.05, 4.69) is 17.3 Å². The zero-order valence-corrected chi connectivity index (χ0v) is 11.3. The topological polar surface area (TPSA) is 41.6 Å². The molecule has 0 saturated carbocycles. The van der Waals surface area contributed by atoms with E-state index in [0.717, 1.165) is 19.7 Å². The fraction of sp³-hybridized carbons (Fsp3) is 0.615. The van der Waals surface area contributed by atoms with Crippen molar-refractivity contribution in [1.82, 2.24) is 10.2 Å². The molecule has 4 nitrogen and oxygen atoms in total. The Morgan fingerprint density at radius 3 is 3.39 bits per heavy atom. The lowest BCUT2D eigenvalue weighted by Gasteiger charge is -2.25. The summed E-state index contributed by atoms with van der Waals surface area (Å²) in [5, 5.41) is 5.11. The number of carbonyl (C=O) groups is 1. The highest BCUT2D eigenvalue weighted by Gasteiger charge is 2.54. The minimum Gasteiger partial charge on any atom is -0.380 e. The molecule has 3 rings (SSSR count). The van der Waals surface area contributed by atoms with Gasteiger partial charge in [0.05, 0.1) is 25.2 Å². The number of thiophene rings is 1. The highest BCUT2D eigenvalue weighted by molar-refractivity contribution is 7.09. The Morgan fingerprint density at radius 2 is 2.61 bits per heavy atom. The molecule has 2 saturated heterocycles. The molecular formula is C13H18N2O2S. The molecule has 3 heterocycles. The molecule has 0 spiro atoms. The Bertz CT molecular complexity index is 434. The third kappa shape index (κ3) is 1.96. The molecule has 18 heavy (non-hydrogen) atoms. The standard InChI is InChI=1S/C13H18N2O2S/c1-15-6-10-7-17-9-13(10,8-15)12(16)14-5-11-3-2-4-18-11/h2-4,10H,5-9H2,1H3,(H,14,16)/t10-,13-/m0/s1. The Kier molecular flexibility index (Phi) is 3.13. The van der Waals surface area contributed by atoms with Crippen LogP contribution in [0.1, 0.15) is 4.88 Å². The molecule has 2 atom stereocenters. The van der Waals surface area contributed by atoms with E-state index >= 15 is 0 Å². The Hall–Kier alpha value is -0.910. The molecule has 0 aromatic carbocycles. The molecule has 2 aliphatic heterocycles. The van der Waals surface area contributed by atoms with Crippen LogP contribution in [-0.4, -0.2) is 44.2 Å². The molecule has 0 unspecified atom stereocenters. The van der Waals surface area contributed by atoms with E-state index < -0.39 is 0 Å². The minimum atomic E-state index is -0.313. The average Bonchev–Trinajstić information content (AvgIpc) is 3.00. The highest BCUT2D eigenvalue weighted by Crippen LogP contribution is 2.40. The van der Waals surface area contributed by atoms with Gasteiger partial charge in [-0.2, -0.15) is 0 Å². The first-order valence-corrected chi connectivity index (χ1v) is 7.16. The van der Waals surface area contributed by atoms with Crippen LogP contribution in [0.5, 0.6) is 0 Å². The van der Waals surface area contributed by atoms with Crippen molar-refractivity contribution in [2.75, 3.05) is 33.4 Å². The highest BCUT2D eigenvalue weighted by atomic mass is 32.1. The second-order valence-electron chi connectivity index (χ2n) is 5.33. The van der Waals surface area contributed by atoms with Crippen molar-refractivity contribution in [3.63, 3.8) is 0 Å². The lowest BCUT2D eigenvalue weighted by atomic mass is 9.80. The van der Waals surface area contributed by atoms with E-state index in [1.807, 2.05) is 17.5 Å². The van der Waals surface area contributed by atoms with Crippen LogP contribution in [-0.2, 0) is 16.1 Å². The number of likely N-dealkylation sites (tertiary alicyclic amines) is 1. The van der Waals surface area contributed by atoms with Crippen molar-refractivity contribution in [1.29, 1.82) is 0 Å². The molecule has 0 radical (unpaired) electrons. The van der Waals surface area contributed by atoms with Gasteiger partial charge in [-0.3, -0.25) is 4.79 Å². The van der Waals surface area contributed by atoms with Crippen LogP contribution < -0.4 is 5.32 Å². The van der Waals surface area contributed by atoms with E-state index in [1.165, 1.54) is 4.88 Å². The van der Waals surface area contributed by atoms with Crippen LogP contribution in [0, 0.1) is 11.3 Å². The van der Waals surface area contributed by atoms with Crippen LogP contribution in [0.15, 0.2) is 17.5 Å². The molecule has 1 amide bonds. The zero-order valence-electron chi connectivity index (χ0n) is 10.5. The van der Waals surface area contributed by atoms with Crippen LogP contribution >= 0.6 is 11.3 Å².